The molecule has 0 unspecified atom stereocenters. The van der Waals surface area contributed by atoms with Gasteiger partial charge in [0.1, 0.15) is 11.5 Å². The first-order chi connectivity index (χ1) is 15.1. The van der Waals surface area contributed by atoms with E-state index in [9.17, 15) is 14.4 Å². The molecule has 4 aliphatic carbocycles. The van der Waals surface area contributed by atoms with Crippen LogP contribution in [0.15, 0.2) is 58.1 Å². The Hall–Kier alpha value is -3.48. The van der Waals surface area contributed by atoms with Gasteiger partial charge in [0.05, 0.1) is 30.7 Å². The van der Waals surface area contributed by atoms with Gasteiger partial charge in [-0.2, -0.15) is 10.1 Å². The molecule has 7 nitrogen and oxygen atoms in total. The number of imide groups is 1. The van der Waals surface area contributed by atoms with Crippen molar-refractivity contribution < 1.29 is 23.5 Å². The molecule has 0 radical (unpaired) electrons. The standard InChI is InChI=1S/C24H20N2O5/c1-30-24(29)13-4-2-3-12(9-13)19-8-5-14(31-19)11-25-26-22(27)20-15-6-7-16(18-10-17(15)18)21(20)23(26)28/h2-9,11,15-18,20-21H,10H2,1H3/b25-11-/t15-,16-,17-,18+,20+,21+/m0/s1. The Bertz CT molecular complexity index is 1140. The number of furan rings is 1. The topological polar surface area (TPSA) is 89.2 Å². The van der Waals surface area contributed by atoms with E-state index in [2.05, 4.69) is 17.3 Å². The largest absolute Gasteiger partial charge is 0.465 e. The van der Waals surface area contributed by atoms with E-state index in [0.717, 1.165) is 11.4 Å². The molecule has 156 valence electrons. The molecule has 7 rings (SSSR count). The van der Waals surface area contributed by atoms with Crippen LogP contribution in [0.1, 0.15) is 22.5 Å². The summed E-state index contributed by atoms with van der Waals surface area (Å²) >= 11 is 0. The van der Waals surface area contributed by atoms with Gasteiger partial charge in [0, 0.05) is 5.56 Å². The molecule has 0 N–H and O–H groups in total. The molecular formula is C24H20N2O5. The summed E-state index contributed by atoms with van der Waals surface area (Å²) in [6, 6.07) is 10.4. The fourth-order valence-corrected chi connectivity index (χ4v) is 5.66. The minimum Gasteiger partial charge on any atom is -0.465 e. The highest BCUT2D eigenvalue weighted by molar-refractivity contribution is 6.06. The summed E-state index contributed by atoms with van der Waals surface area (Å²) < 4.78 is 10.6. The first-order valence-corrected chi connectivity index (χ1v) is 10.5. The van der Waals surface area contributed by atoms with Crippen LogP contribution < -0.4 is 0 Å². The second-order valence-corrected chi connectivity index (χ2v) is 8.66. The number of hydrazone groups is 1. The van der Waals surface area contributed by atoms with E-state index >= 15 is 0 Å². The molecule has 2 saturated carbocycles. The summed E-state index contributed by atoms with van der Waals surface area (Å²) in [5.41, 5.74) is 1.13. The lowest BCUT2D eigenvalue weighted by atomic mass is 9.63. The van der Waals surface area contributed by atoms with Gasteiger partial charge in [0.15, 0.2) is 0 Å². The van der Waals surface area contributed by atoms with Gasteiger partial charge >= 0.3 is 5.97 Å². The minimum absolute atomic E-state index is 0.175. The Kier molecular flexibility index (Phi) is 3.84. The zero-order valence-corrected chi connectivity index (χ0v) is 16.8. The van der Waals surface area contributed by atoms with E-state index in [1.165, 1.54) is 13.3 Å². The lowest BCUT2D eigenvalue weighted by molar-refractivity contribution is -0.140. The number of methoxy groups -OCH3 is 1. The first kappa shape index (κ1) is 18.3. The smallest absolute Gasteiger partial charge is 0.337 e. The van der Waals surface area contributed by atoms with Crippen LogP contribution in [0, 0.1) is 35.5 Å². The van der Waals surface area contributed by atoms with E-state index in [4.69, 9.17) is 9.15 Å². The fourth-order valence-electron chi connectivity index (χ4n) is 5.66. The number of hydrogen-bond donors (Lipinski definition) is 0. The van der Waals surface area contributed by atoms with Gasteiger partial charge in [-0.05, 0) is 54.4 Å². The maximum absolute atomic E-state index is 13.0. The zero-order valence-electron chi connectivity index (χ0n) is 16.8. The molecule has 31 heavy (non-hydrogen) atoms. The van der Waals surface area contributed by atoms with Crippen molar-refractivity contribution >= 4 is 24.0 Å². The number of carbonyl (C=O) groups is 3. The van der Waals surface area contributed by atoms with Gasteiger partial charge in [-0.15, -0.1) is 0 Å². The molecule has 1 saturated heterocycles. The van der Waals surface area contributed by atoms with Crippen LogP contribution in [-0.2, 0) is 14.3 Å². The normalized spacial score (nSPS) is 32.5. The third-order valence-corrected chi connectivity index (χ3v) is 7.13. The molecule has 2 amide bonds. The number of nitrogens with zero attached hydrogens (tertiary/aromatic N) is 2. The Morgan fingerprint density at radius 2 is 1.81 bits per heavy atom. The van der Waals surface area contributed by atoms with E-state index in [1.54, 1.807) is 30.3 Å². The molecule has 5 aliphatic rings. The summed E-state index contributed by atoms with van der Waals surface area (Å²) in [7, 11) is 1.33. The second kappa shape index (κ2) is 6.51. The molecule has 3 fully saturated rings. The van der Waals surface area contributed by atoms with Crippen molar-refractivity contribution in [3.63, 3.8) is 0 Å². The highest BCUT2D eigenvalue weighted by atomic mass is 16.5. The highest BCUT2D eigenvalue weighted by Gasteiger charge is 2.67. The van der Waals surface area contributed by atoms with Gasteiger partial charge in [0.25, 0.3) is 11.8 Å². The number of carbonyl (C=O) groups excluding carboxylic acids is 3. The number of rotatable bonds is 4. The first-order valence-electron chi connectivity index (χ1n) is 10.5. The monoisotopic (exact) mass is 416 g/mol. The summed E-state index contributed by atoms with van der Waals surface area (Å²) in [6.45, 7) is 0. The number of esters is 1. The number of allylic oxidation sites excluding steroid dienone is 2. The number of ether oxygens (including phenoxy) is 1. The van der Waals surface area contributed by atoms with E-state index in [1.807, 2.05) is 6.07 Å². The minimum atomic E-state index is -0.427. The Balaban J connectivity index is 1.22. The Morgan fingerprint density at radius 3 is 2.48 bits per heavy atom. The zero-order chi connectivity index (χ0) is 21.3. The van der Waals surface area contributed by atoms with Crippen LogP contribution in [0.2, 0.25) is 0 Å². The SMILES string of the molecule is COC(=O)c1cccc(-c2ccc(/C=N\N3C(=O)[C@@H]4[C@H]5C=C[C@@H]([C@@H]6C[C@H]56)[C@H]4C3=O)o2)c1. The third-order valence-electron chi connectivity index (χ3n) is 7.13. The van der Waals surface area contributed by atoms with Crippen LogP contribution in [0.4, 0.5) is 0 Å². The molecule has 1 aromatic carbocycles. The number of benzene rings is 1. The summed E-state index contributed by atoms with van der Waals surface area (Å²) in [5, 5.41) is 5.23. The quantitative estimate of drug-likeness (QED) is 0.331. The molecule has 1 aliphatic heterocycles. The van der Waals surface area contributed by atoms with Crippen LogP contribution in [-0.4, -0.2) is 36.1 Å². The lowest BCUT2D eigenvalue weighted by Crippen LogP contribution is -2.40. The van der Waals surface area contributed by atoms with Crippen molar-refractivity contribution in [2.45, 2.75) is 6.42 Å². The maximum Gasteiger partial charge on any atom is 0.337 e. The van der Waals surface area contributed by atoms with E-state index < -0.39 is 5.97 Å². The average molecular weight is 416 g/mol. The molecule has 6 atom stereocenters. The third kappa shape index (κ3) is 2.65. The van der Waals surface area contributed by atoms with E-state index in [0.29, 0.717) is 34.5 Å². The predicted molar refractivity (Wildman–Crippen MR) is 110 cm³/mol. The maximum atomic E-state index is 13.0. The van der Waals surface area contributed by atoms with Crippen molar-refractivity contribution in [2.75, 3.05) is 7.11 Å². The number of amides is 2. The van der Waals surface area contributed by atoms with Gasteiger partial charge < -0.3 is 9.15 Å². The molecule has 2 heterocycles. The second-order valence-electron chi connectivity index (χ2n) is 8.66. The average Bonchev–Trinajstić information content (AvgIpc) is 3.44. The molecule has 1 aromatic heterocycles. The van der Waals surface area contributed by atoms with Gasteiger partial charge in [0.2, 0.25) is 0 Å². The predicted octanol–water partition coefficient (Wildman–Crippen LogP) is 3.12. The fraction of sp³-hybridized carbons (Fsp3) is 0.333. The van der Waals surface area contributed by atoms with Crippen molar-refractivity contribution in [1.82, 2.24) is 5.01 Å². The van der Waals surface area contributed by atoms with Gasteiger partial charge in [-0.25, -0.2) is 4.79 Å². The lowest BCUT2D eigenvalue weighted by Gasteiger charge is -2.37. The van der Waals surface area contributed by atoms with Gasteiger partial charge in [-0.1, -0.05) is 24.3 Å². The number of hydrogen-bond acceptors (Lipinski definition) is 6. The van der Waals surface area contributed by atoms with Crippen LogP contribution in [0.5, 0.6) is 0 Å². The Morgan fingerprint density at radius 1 is 1.10 bits per heavy atom. The molecule has 2 aromatic rings. The van der Waals surface area contributed by atoms with Gasteiger partial charge in [-0.3, -0.25) is 9.59 Å². The molecule has 2 bridgehead atoms. The summed E-state index contributed by atoms with van der Waals surface area (Å²) in [6.07, 6.45) is 6.81. The van der Waals surface area contributed by atoms with Crippen LogP contribution >= 0.6 is 0 Å². The summed E-state index contributed by atoms with van der Waals surface area (Å²) in [5.74, 6) is 1.07. The van der Waals surface area contributed by atoms with Crippen molar-refractivity contribution in [3.05, 3.63) is 59.9 Å². The van der Waals surface area contributed by atoms with Crippen molar-refractivity contribution in [3.8, 4) is 11.3 Å². The van der Waals surface area contributed by atoms with Crippen LogP contribution in [0.25, 0.3) is 11.3 Å². The highest BCUT2D eigenvalue weighted by Crippen LogP contribution is 2.65. The van der Waals surface area contributed by atoms with Crippen LogP contribution in [0.3, 0.4) is 0 Å². The molecule has 0 spiro atoms. The van der Waals surface area contributed by atoms with Crippen molar-refractivity contribution in [1.29, 1.82) is 0 Å². The van der Waals surface area contributed by atoms with E-state index in [-0.39, 0.29) is 35.5 Å². The van der Waals surface area contributed by atoms with Crippen molar-refractivity contribution in [2.24, 2.45) is 40.6 Å². The summed E-state index contributed by atoms with van der Waals surface area (Å²) in [4.78, 5) is 37.7. The molecular weight excluding hydrogens is 396 g/mol. The molecule has 7 heteroatoms. The Labute approximate surface area is 178 Å².